The van der Waals surface area contributed by atoms with Crippen molar-refractivity contribution >= 4 is 45.8 Å². The summed E-state index contributed by atoms with van der Waals surface area (Å²) in [6.07, 6.45) is 2.39. The molecule has 1 aromatic rings. The van der Waals surface area contributed by atoms with Gasteiger partial charge in [0.2, 0.25) is 0 Å². The smallest absolute Gasteiger partial charge is 0.308 e. The van der Waals surface area contributed by atoms with Gasteiger partial charge in [0.25, 0.3) is 5.91 Å². The van der Waals surface area contributed by atoms with Crippen LogP contribution in [0.15, 0.2) is 11.4 Å². The number of carboxylic acids is 1. The summed E-state index contributed by atoms with van der Waals surface area (Å²) >= 11 is 3.74. The van der Waals surface area contributed by atoms with Gasteiger partial charge in [-0.15, -0.1) is 11.3 Å². The van der Waals surface area contributed by atoms with E-state index in [1.807, 2.05) is 16.3 Å². The fourth-order valence-corrected chi connectivity index (χ4v) is 4.46. The van der Waals surface area contributed by atoms with Crippen LogP contribution in [-0.4, -0.2) is 34.0 Å². The first-order valence-electron chi connectivity index (χ1n) is 5.87. The van der Waals surface area contributed by atoms with E-state index in [0.717, 1.165) is 15.7 Å². The number of nitrogens with zero attached hydrogens (tertiary/aromatic N) is 1. The fourth-order valence-electron chi connectivity index (χ4n) is 3.14. The van der Waals surface area contributed by atoms with E-state index in [1.165, 1.54) is 0 Å². The lowest BCUT2D eigenvalue weighted by Gasteiger charge is -2.22. The van der Waals surface area contributed by atoms with Gasteiger partial charge in [-0.1, -0.05) is 0 Å². The van der Waals surface area contributed by atoms with Gasteiger partial charge in [-0.25, -0.2) is 0 Å². The molecule has 3 unspecified atom stereocenters. The molecule has 3 heterocycles. The Balaban J connectivity index is 1.85. The van der Waals surface area contributed by atoms with Crippen molar-refractivity contribution in [3.05, 3.63) is 19.9 Å². The number of carboxylic acid groups (broad SMARTS) is 1. The third kappa shape index (κ3) is 1.85. The molecule has 2 saturated heterocycles. The molecule has 96 valence electrons. The van der Waals surface area contributed by atoms with Gasteiger partial charge in [-0.2, -0.15) is 0 Å². The van der Waals surface area contributed by atoms with E-state index in [9.17, 15) is 14.7 Å². The lowest BCUT2D eigenvalue weighted by atomic mass is 9.89. The maximum absolute atomic E-state index is 12.4. The van der Waals surface area contributed by atoms with E-state index in [-0.39, 0.29) is 23.9 Å². The first-order chi connectivity index (χ1) is 8.58. The lowest BCUT2D eigenvalue weighted by molar-refractivity contribution is -0.142. The normalized spacial score (nSPS) is 29.8. The molecule has 2 fully saturated rings. The minimum atomic E-state index is -0.764. The highest BCUT2D eigenvalue weighted by Gasteiger charge is 2.51. The van der Waals surface area contributed by atoms with Crippen LogP contribution in [0.3, 0.4) is 0 Å². The Morgan fingerprint density at radius 1 is 1.44 bits per heavy atom. The summed E-state index contributed by atoms with van der Waals surface area (Å²) in [6, 6.07) is 1.90. The van der Waals surface area contributed by atoms with Crippen LogP contribution in [0.5, 0.6) is 0 Å². The van der Waals surface area contributed by atoms with Crippen LogP contribution in [0.1, 0.15) is 29.6 Å². The molecule has 1 aromatic heterocycles. The van der Waals surface area contributed by atoms with Gasteiger partial charge < -0.3 is 10.0 Å². The molecule has 6 heteroatoms. The number of rotatable bonds is 2. The van der Waals surface area contributed by atoms with Crippen LogP contribution in [-0.2, 0) is 4.79 Å². The molecule has 1 N–H and O–H groups in total. The van der Waals surface area contributed by atoms with Crippen molar-refractivity contribution in [1.29, 1.82) is 0 Å². The zero-order chi connectivity index (χ0) is 12.9. The number of hydrogen-bond acceptors (Lipinski definition) is 3. The van der Waals surface area contributed by atoms with E-state index in [4.69, 9.17) is 0 Å². The zero-order valence-corrected chi connectivity index (χ0v) is 12.5. The molecule has 0 spiro atoms. The standard InChI is InChI=1S/C12H12INO3S/c13-10-3-6(5-18-10)11(15)14-7-1-2-9(14)8(4-7)12(16)17/h3,5,7-9H,1-2,4H2,(H,16,17). The SMILES string of the molecule is O=C(O)C1CC2CCC1N2C(=O)c1csc(I)c1. The molecule has 1 amide bonds. The third-order valence-electron chi connectivity index (χ3n) is 3.90. The number of halogens is 1. The third-order valence-corrected chi connectivity index (χ3v) is 5.69. The largest absolute Gasteiger partial charge is 0.481 e. The summed E-state index contributed by atoms with van der Waals surface area (Å²) in [6.45, 7) is 0. The summed E-state index contributed by atoms with van der Waals surface area (Å²) < 4.78 is 1.08. The Hall–Kier alpha value is -0.630. The highest BCUT2D eigenvalue weighted by Crippen LogP contribution is 2.42. The molecular weight excluding hydrogens is 365 g/mol. The highest BCUT2D eigenvalue weighted by atomic mass is 127. The summed E-state index contributed by atoms with van der Waals surface area (Å²) in [5, 5.41) is 11.0. The van der Waals surface area contributed by atoms with Crippen molar-refractivity contribution in [3.63, 3.8) is 0 Å². The predicted molar refractivity (Wildman–Crippen MR) is 75.8 cm³/mol. The second kappa shape index (κ2) is 4.48. The van der Waals surface area contributed by atoms with E-state index in [0.29, 0.717) is 12.0 Å². The van der Waals surface area contributed by atoms with Gasteiger partial charge in [0, 0.05) is 17.5 Å². The second-order valence-corrected chi connectivity index (χ2v) is 7.64. The number of carbonyl (C=O) groups is 2. The Bertz CT molecular complexity index is 515. The number of fused-ring (bicyclic) bond motifs is 2. The number of aliphatic carboxylic acids is 1. The average molecular weight is 377 g/mol. The van der Waals surface area contributed by atoms with Gasteiger partial charge in [-0.05, 0) is 47.9 Å². The molecular formula is C12H12INO3S. The van der Waals surface area contributed by atoms with Gasteiger partial charge in [-0.3, -0.25) is 9.59 Å². The minimum absolute atomic E-state index is 0.00501. The van der Waals surface area contributed by atoms with Gasteiger partial charge in [0.15, 0.2) is 0 Å². The number of hydrogen-bond donors (Lipinski definition) is 1. The summed E-state index contributed by atoms with van der Waals surface area (Å²) in [5.74, 6) is -1.13. The Labute approximate surface area is 122 Å². The summed E-state index contributed by atoms with van der Waals surface area (Å²) in [4.78, 5) is 25.4. The highest BCUT2D eigenvalue weighted by molar-refractivity contribution is 14.1. The molecule has 0 saturated carbocycles. The summed E-state index contributed by atoms with van der Waals surface area (Å²) in [5.41, 5.74) is 0.701. The number of amides is 1. The predicted octanol–water partition coefficient (Wildman–Crippen LogP) is 2.43. The molecule has 18 heavy (non-hydrogen) atoms. The molecule has 3 atom stereocenters. The van der Waals surface area contributed by atoms with Gasteiger partial charge >= 0.3 is 5.97 Å². The van der Waals surface area contributed by atoms with Crippen LogP contribution in [0.4, 0.5) is 0 Å². The molecule has 0 aliphatic carbocycles. The van der Waals surface area contributed by atoms with E-state index < -0.39 is 5.97 Å². The Morgan fingerprint density at radius 2 is 2.22 bits per heavy atom. The molecule has 2 aliphatic rings. The minimum Gasteiger partial charge on any atom is -0.481 e. The summed E-state index contributed by atoms with van der Waals surface area (Å²) in [7, 11) is 0. The van der Waals surface area contributed by atoms with Gasteiger partial charge in [0.1, 0.15) is 0 Å². The molecule has 2 aliphatic heterocycles. The second-order valence-electron chi connectivity index (χ2n) is 4.83. The van der Waals surface area contributed by atoms with Crippen molar-refractivity contribution in [2.75, 3.05) is 0 Å². The first-order valence-corrected chi connectivity index (χ1v) is 7.83. The Kier molecular flexibility index (Phi) is 3.09. The quantitative estimate of drug-likeness (QED) is 0.806. The van der Waals surface area contributed by atoms with Crippen molar-refractivity contribution in [2.45, 2.75) is 31.3 Å². The van der Waals surface area contributed by atoms with Crippen LogP contribution in [0, 0.1) is 8.80 Å². The number of carbonyl (C=O) groups excluding carboxylic acids is 1. The molecule has 0 aromatic carbocycles. The van der Waals surface area contributed by atoms with Gasteiger partial charge in [0.05, 0.1) is 14.4 Å². The van der Waals surface area contributed by atoms with Crippen LogP contribution >= 0.6 is 33.9 Å². The molecule has 3 rings (SSSR count). The average Bonchev–Trinajstić information content (AvgIpc) is 3.01. The van der Waals surface area contributed by atoms with Crippen molar-refractivity contribution < 1.29 is 14.7 Å². The van der Waals surface area contributed by atoms with E-state index in [1.54, 1.807) is 11.3 Å². The van der Waals surface area contributed by atoms with Crippen molar-refractivity contribution in [3.8, 4) is 0 Å². The Morgan fingerprint density at radius 3 is 2.78 bits per heavy atom. The first kappa shape index (κ1) is 12.4. The molecule has 2 bridgehead atoms. The maximum Gasteiger partial charge on any atom is 0.308 e. The van der Waals surface area contributed by atoms with E-state index >= 15 is 0 Å². The lowest BCUT2D eigenvalue weighted by Crippen LogP contribution is -2.37. The number of thiophene rings is 1. The topological polar surface area (TPSA) is 57.6 Å². The zero-order valence-electron chi connectivity index (χ0n) is 9.51. The molecule has 4 nitrogen and oxygen atoms in total. The fraction of sp³-hybridized carbons (Fsp3) is 0.500. The maximum atomic E-state index is 12.4. The monoisotopic (exact) mass is 377 g/mol. The van der Waals surface area contributed by atoms with Crippen LogP contribution < -0.4 is 0 Å². The van der Waals surface area contributed by atoms with Crippen molar-refractivity contribution in [1.82, 2.24) is 4.90 Å². The van der Waals surface area contributed by atoms with Crippen LogP contribution in [0.25, 0.3) is 0 Å². The van der Waals surface area contributed by atoms with Crippen LogP contribution in [0.2, 0.25) is 0 Å². The molecule has 0 radical (unpaired) electrons. The van der Waals surface area contributed by atoms with Crippen molar-refractivity contribution in [2.24, 2.45) is 5.92 Å². The van der Waals surface area contributed by atoms with E-state index in [2.05, 4.69) is 22.6 Å².